The summed E-state index contributed by atoms with van der Waals surface area (Å²) in [4.78, 5) is 25.0. The van der Waals surface area contributed by atoms with Gasteiger partial charge in [0, 0.05) is 29.3 Å². The van der Waals surface area contributed by atoms with Gasteiger partial charge in [0.1, 0.15) is 0 Å². The fraction of sp³-hybridized carbons (Fsp3) is 0.632. The molecule has 26 heavy (non-hydrogen) atoms. The maximum absolute atomic E-state index is 13.4. The Labute approximate surface area is 162 Å². The quantitative estimate of drug-likeness (QED) is 0.787. The molecule has 2 aliphatic rings. The lowest BCUT2D eigenvalue weighted by Gasteiger charge is -2.36. The van der Waals surface area contributed by atoms with Crippen molar-refractivity contribution in [1.82, 2.24) is 20.2 Å². The largest absolute Gasteiger partial charge is 0.350 e. The van der Waals surface area contributed by atoms with Gasteiger partial charge in [-0.05, 0) is 39.2 Å². The fourth-order valence-electron chi connectivity index (χ4n) is 4.90. The molecule has 5 nitrogen and oxygen atoms in total. The number of aromatic nitrogens is 2. The number of thiazole rings is 2. The first-order valence-corrected chi connectivity index (χ1v) is 11.3. The number of amides is 1. The Morgan fingerprint density at radius 1 is 1.38 bits per heavy atom. The summed E-state index contributed by atoms with van der Waals surface area (Å²) in [7, 11) is 0. The van der Waals surface area contributed by atoms with Crippen LogP contribution in [0.15, 0.2) is 16.3 Å². The summed E-state index contributed by atoms with van der Waals surface area (Å²) in [5, 5.41) is 8.38. The Hall–Kier alpha value is -1.31. The summed E-state index contributed by atoms with van der Waals surface area (Å²) in [5.41, 5.74) is 3.53. The predicted molar refractivity (Wildman–Crippen MR) is 105 cm³/mol. The number of carbonyl (C=O) groups excluding carboxylic acids is 1. The second-order valence-corrected chi connectivity index (χ2v) is 9.32. The van der Waals surface area contributed by atoms with Crippen molar-refractivity contribution < 1.29 is 4.79 Å². The molecule has 1 amide bonds. The van der Waals surface area contributed by atoms with Gasteiger partial charge in [-0.15, -0.1) is 22.7 Å². The van der Waals surface area contributed by atoms with Crippen molar-refractivity contribution in [3.8, 4) is 0 Å². The lowest BCUT2D eigenvalue weighted by Crippen LogP contribution is -2.50. The van der Waals surface area contributed by atoms with Crippen molar-refractivity contribution >= 4 is 28.6 Å². The number of nitrogens with zero attached hydrogens (tertiary/aromatic N) is 3. The minimum absolute atomic E-state index is 0.185. The second kappa shape index (κ2) is 7.37. The van der Waals surface area contributed by atoms with E-state index in [4.69, 9.17) is 0 Å². The van der Waals surface area contributed by atoms with Gasteiger partial charge in [0.2, 0.25) is 5.91 Å². The Morgan fingerprint density at radius 2 is 2.27 bits per heavy atom. The van der Waals surface area contributed by atoms with E-state index < -0.39 is 0 Å². The topological polar surface area (TPSA) is 58.1 Å². The molecule has 0 aromatic carbocycles. The van der Waals surface area contributed by atoms with E-state index in [1.807, 2.05) is 17.8 Å². The zero-order valence-corrected chi connectivity index (χ0v) is 17.0. The van der Waals surface area contributed by atoms with Crippen molar-refractivity contribution in [2.24, 2.45) is 5.41 Å². The predicted octanol–water partition coefficient (Wildman–Crippen LogP) is 3.40. The molecule has 2 aromatic heterocycles. The van der Waals surface area contributed by atoms with E-state index in [0.29, 0.717) is 18.6 Å². The average molecular weight is 391 g/mol. The maximum atomic E-state index is 13.4. The molecule has 0 spiro atoms. The first-order chi connectivity index (χ1) is 12.6. The molecule has 0 radical (unpaired) electrons. The first kappa shape index (κ1) is 18.1. The van der Waals surface area contributed by atoms with Crippen LogP contribution in [0.5, 0.6) is 0 Å². The van der Waals surface area contributed by atoms with Gasteiger partial charge in [-0.2, -0.15) is 0 Å². The summed E-state index contributed by atoms with van der Waals surface area (Å²) < 4.78 is 0. The Morgan fingerprint density at radius 3 is 2.96 bits per heavy atom. The Kier molecular flexibility index (Phi) is 5.12. The van der Waals surface area contributed by atoms with Gasteiger partial charge in [0.15, 0.2) is 0 Å². The molecule has 2 bridgehead atoms. The number of nitrogens with one attached hydrogen (secondary N) is 1. The van der Waals surface area contributed by atoms with Crippen LogP contribution < -0.4 is 5.32 Å². The number of hydrogen-bond donors (Lipinski definition) is 1. The first-order valence-electron chi connectivity index (χ1n) is 9.44. The van der Waals surface area contributed by atoms with Crippen LogP contribution in [0.3, 0.4) is 0 Å². The summed E-state index contributed by atoms with van der Waals surface area (Å²) in [6.45, 7) is 5.84. The molecule has 0 unspecified atom stereocenters. The van der Waals surface area contributed by atoms with Crippen LogP contribution in [0, 0.1) is 12.3 Å². The smallest absolute Gasteiger partial charge is 0.228 e. The molecule has 0 aliphatic carbocycles. The number of rotatable bonds is 7. The van der Waals surface area contributed by atoms with E-state index in [1.54, 1.807) is 22.7 Å². The molecule has 1 N–H and O–H groups in total. The van der Waals surface area contributed by atoms with E-state index >= 15 is 0 Å². The van der Waals surface area contributed by atoms with Gasteiger partial charge in [0.05, 0.1) is 33.9 Å². The number of carbonyl (C=O) groups is 1. The third-order valence-electron chi connectivity index (χ3n) is 5.89. The van der Waals surface area contributed by atoms with Crippen LogP contribution in [0.1, 0.15) is 49.0 Å². The average Bonchev–Trinajstić information content (AvgIpc) is 3.40. The molecule has 4 rings (SSSR count). The molecule has 4 heterocycles. The van der Waals surface area contributed by atoms with E-state index in [9.17, 15) is 4.79 Å². The van der Waals surface area contributed by atoms with Crippen molar-refractivity contribution in [2.75, 3.05) is 6.54 Å². The summed E-state index contributed by atoms with van der Waals surface area (Å²) in [6, 6.07) is 0.886. The van der Waals surface area contributed by atoms with Gasteiger partial charge >= 0.3 is 0 Å². The Balaban J connectivity index is 1.56. The second-order valence-electron chi connectivity index (χ2n) is 7.54. The highest BCUT2D eigenvalue weighted by Gasteiger charge is 2.59. The monoisotopic (exact) mass is 390 g/mol. The van der Waals surface area contributed by atoms with Crippen LogP contribution in [-0.4, -0.2) is 39.4 Å². The molecular formula is C19H26N4OS2. The van der Waals surface area contributed by atoms with Crippen molar-refractivity contribution in [1.29, 1.82) is 0 Å². The minimum atomic E-state index is -0.350. The van der Waals surface area contributed by atoms with E-state index in [2.05, 4.69) is 32.5 Å². The SMILES string of the molecule is CCCN1[C@@H]2CC[C@H]1[C@@](Cc1cscn1)(C(=O)NCc1csc(C)n1)C2. The molecule has 2 fully saturated rings. The highest BCUT2D eigenvalue weighted by Crippen LogP contribution is 2.51. The summed E-state index contributed by atoms with van der Waals surface area (Å²) in [5.74, 6) is 0.185. The molecule has 2 aromatic rings. The number of fused-ring (bicyclic) bond motifs is 2. The Bertz CT molecular complexity index is 759. The third kappa shape index (κ3) is 3.21. The lowest BCUT2D eigenvalue weighted by atomic mass is 9.70. The normalized spacial score (nSPS) is 27.9. The van der Waals surface area contributed by atoms with Crippen LogP contribution in [-0.2, 0) is 17.8 Å². The van der Waals surface area contributed by atoms with Gasteiger partial charge in [0.25, 0.3) is 0 Å². The molecular weight excluding hydrogens is 364 g/mol. The van der Waals surface area contributed by atoms with Gasteiger partial charge in [-0.1, -0.05) is 6.92 Å². The van der Waals surface area contributed by atoms with Crippen LogP contribution in [0.4, 0.5) is 0 Å². The van der Waals surface area contributed by atoms with Gasteiger partial charge < -0.3 is 5.32 Å². The molecule has 3 atom stereocenters. The standard InChI is InChI=1S/C19H26N4OS2/c1-3-6-23-16-4-5-17(23)19(8-16,7-14-10-25-12-21-14)18(24)20-9-15-11-26-13(2)22-15/h10-12,16-17H,3-9H2,1-2H3,(H,20,24)/t16-,17+,19+/m1/s1. The van der Waals surface area contributed by atoms with E-state index in [-0.39, 0.29) is 11.3 Å². The highest BCUT2D eigenvalue weighted by molar-refractivity contribution is 7.09. The van der Waals surface area contributed by atoms with Gasteiger partial charge in [-0.3, -0.25) is 9.69 Å². The van der Waals surface area contributed by atoms with E-state index in [0.717, 1.165) is 48.6 Å². The summed E-state index contributed by atoms with van der Waals surface area (Å²) in [6.07, 6.45) is 5.19. The lowest BCUT2D eigenvalue weighted by molar-refractivity contribution is -0.133. The molecule has 2 aliphatic heterocycles. The van der Waals surface area contributed by atoms with Crippen LogP contribution in [0.2, 0.25) is 0 Å². The zero-order chi connectivity index (χ0) is 18.1. The highest BCUT2D eigenvalue weighted by atomic mass is 32.1. The number of hydrogen-bond acceptors (Lipinski definition) is 6. The zero-order valence-electron chi connectivity index (χ0n) is 15.4. The van der Waals surface area contributed by atoms with E-state index in [1.165, 1.54) is 6.42 Å². The van der Waals surface area contributed by atoms with Crippen molar-refractivity contribution in [3.05, 3.63) is 32.7 Å². The van der Waals surface area contributed by atoms with Gasteiger partial charge in [-0.25, -0.2) is 9.97 Å². The molecule has 140 valence electrons. The van der Waals surface area contributed by atoms with Crippen molar-refractivity contribution in [3.63, 3.8) is 0 Å². The van der Waals surface area contributed by atoms with Crippen molar-refractivity contribution in [2.45, 2.75) is 64.6 Å². The maximum Gasteiger partial charge on any atom is 0.228 e. The molecule has 0 saturated carbocycles. The third-order valence-corrected chi connectivity index (χ3v) is 7.35. The molecule has 2 saturated heterocycles. The summed E-state index contributed by atoms with van der Waals surface area (Å²) >= 11 is 3.24. The number of aryl methyl sites for hydroxylation is 1. The fourth-order valence-corrected chi connectivity index (χ4v) is 6.07. The minimum Gasteiger partial charge on any atom is -0.350 e. The molecule has 7 heteroatoms. The van der Waals surface area contributed by atoms with Crippen LogP contribution in [0.25, 0.3) is 0 Å². The van der Waals surface area contributed by atoms with Crippen LogP contribution >= 0.6 is 22.7 Å².